The van der Waals surface area contributed by atoms with E-state index in [0.29, 0.717) is 17.0 Å². The van der Waals surface area contributed by atoms with Crippen LogP contribution in [-0.2, 0) is 4.74 Å². The summed E-state index contributed by atoms with van der Waals surface area (Å²) in [5.41, 5.74) is 6.25. The maximum Gasteiger partial charge on any atom is 0.411 e. The summed E-state index contributed by atoms with van der Waals surface area (Å²) in [7, 11) is 0. The van der Waals surface area contributed by atoms with Crippen LogP contribution in [0, 0.1) is 15.5 Å². The molecular formula is C21H21N3O6. The molecule has 2 amide bonds. The van der Waals surface area contributed by atoms with Gasteiger partial charge in [0.2, 0.25) is 0 Å². The van der Waals surface area contributed by atoms with Gasteiger partial charge in [-0.05, 0) is 55.4 Å². The van der Waals surface area contributed by atoms with Gasteiger partial charge in [0, 0.05) is 17.8 Å². The average Bonchev–Trinajstić information content (AvgIpc) is 2.65. The van der Waals surface area contributed by atoms with Crippen molar-refractivity contribution >= 4 is 23.4 Å². The zero-order chi connectivity index (χ0) is 21.3. The Morgan fingerprint density at radius 1 is 1.03 bits per heavy atom. The summed E-state index contributed by atoms with van der Waals surface area (Å²) in [5.74, 6) is -0.0183. The predicted molar refractivity (Wildman–Crippen MR) is 107 cm³/mol. The van der Waals surface area contributed by atoms with Crippen molar-refractivity contribution in [3.8, 4) is 5.75 Å². The molecule has 0 bridgehead atoms. The molecule has 0 unspecified atom stereocenters. The van der Waals surface area contributed by atoms with E-state index in [1.165, 1.54) is 24.3 Å². The second kappa shape index (κ2) is 7.66. The van der Waals surface area contributed by atoms with Gasteiger partial charge >= 0.3 is 6.09 Å². The molecule has 0 radical (unpaired) electrons. The first-order valence-corrected chi connectivity index (χ1v) is 9.61. The zero-order valence-corrected chi connectivity index (χ0v) is 16.1. The molecule has 0 aromatic heterocycles. The van der Waals surface area contributed by atoms with E-state index in [-0.39, 0.29) is 23.3 Å². The Morgan fingerprint density at radius 2 is 1.67 bits per heavy atom. The first-order valence-electron chi connectivity index (χ1n) is 9.61. The SMILES string of the molecule is NC(=O)c1ccccc1OC1CC2(CC(OC(=O)Nc3ccc([N+](=O)[O-])cc3)C2)C1. The van der Waals surface area contributed by atoms with Crippen LogP contribution in [-0.4, -0.2) is 29.1 Å². The highest BCUT2D eigenvalue weighted by molar-refractivity contribution is 5.95. The lowest BCUT2D eigenvalue weighted by Crippen LogP contribution is -2.55. The van der Waals surface area contributed by atoms with Crippen LogP contribution < -0.4 is 15.8 Å². The number of carbonyl (C=O) groups is 2. The van der Waals surface area contributed by atoms with Crippen LogP contribution >= 0.6 is 0 Å². The number of hydrogen-bond acceptors (Lipinski definition) is 6. The lowest BCUT2D eigenvalue weighted by molar-refractivity contribution is -0.384. The number of rotatable bonds is 6. The smallest absolute Gasteiger partial charge is 0.411 e. The van der Waals surface area contributed by atoms with Crippen molar-refractivity contribution in [2.45, 2.75) is 37.9 Å². The fourth-order valence-electron chi connectivity index (χ4n) is 4.23. The average molecular weight is 411 g/mol. The lowest BCUT2D eigenvalue weighted by Gasteiger charge is -2.56. The molecule has 156 valence electrons. The van der Waals surface area contributed by atoms with Gasteiger partial charge in [0.25, 0.3) is 11.6 Å². The van der Waals surface area contributed by atoms with Crippen LogP contribution in [0.1, 0.15) is 36.0 Å². The van der Waals surface area contributed by atoms with E-state index in [9.17, 15) is 19.7 Å². The van der Waals surface area contributed by atoms with Crippen LogP contribution in [0.15, 0.2) is 48.5 Å². The molecule has 0 saturated heterocycles. The van der Waals surface area contributed by atoms with Crippen LogP contribution in [0.4, 0.5) is 16.2 Å². The number of anilines is 1. The number of hydrogen-bond donors (Lipinski definition) is 2. The molecule has 2 aromatic rings. The molecule has 0 aliphatic heterocycles. The fourth-order valence-corrected chi connectivity index (χ4v) is 4.23. The summed E-state index contributed by atoms with van der Waals surface area (Å²) in [6, 6.07) is 12.5. The summed E-state index contributed by atoms with van der Waals surface area (Å²) >= 11 is 0. The summed E-state index contributed by atoms with van der Waals surface area (Å²) < 4.78 is 11.3. The topological polar surface area (TPSA) is 134 Å². The number of non-ortho nitro benzene ring substituents is 1. The third kappa shape index (κ3) is 4.05. The largest absolute Gasteiger partial charge is 0.490 e. The minimum Gasteiger partial charge on any atom is -0.490 e. The summed E-state index contributed by atoms with van der Waals surface area (Å²) in [4.78, 5) is 33.7. The van der Waals surface area contributed by atoms with E-state index in [2.05, 4.69) is 5.32 Å². The molecule has 2 saturated carbocycles. The second-order valence-electron chi connectivity index (χ2n) is 7.87. The number of nitrogens with two attached hydrogens (primary N) is 1. The summed E-state index contributed by atoms with van der Waals surface area (Å²) in [5, 5.41) is 13.2. The molecule has 2 aliphatic carbocycles. The van der Waals surface area contributed by atoms with Crippen molar-refractivity contribution in [3.63, 3.8) is 0 Å². The van der Waals surface area contributed by atoms with Gasteiger partial charge < -0.3 is 15.2 Å². The third-order valence-electron chi connectivity index (χ3n) is 5.69. The standard InChI is InChI=1S/C21H21N3O6/c22-19(25)17-3-1-2-4-18(17)29-15-9-21(10-15)11-16(12-21)30-20(26)23-13-5-7-14(8-6-13)24(27)28/h1-8,15-16H,9-12H2,(H2,22,25)(H,23,26). The van der Waals surface area contributed by atoms with Gasteiger partial charge in [-0.3, -0.25) is 20.2 Å². The minimum absolute atomic E-state index is 0.0142. The quantitative estimate of drug-likeness (QED) is 0.551. The van der Waals surface area contributed by atoms with Gasteiger partial charge in [-0.1, -0.05) is 12.1 Å². The Labute approximate surface area is 172 Å². The van der Waals surface area contributed by atoms with Crippen LogP contribution in [0.3, 0.4) is 0 Å². The monoisotopic (exact) mass is 411 g/mol. The van der Waals surface area contributed by atoms with Crippen molar-refractivity contribution in [3.05, 3.63) is 64.2 Å². The second-order valence-corrected chi connectivity index (χ2v) is 7.87. The number of nitrogens with one attached hydrogen (secondary N) is 1. The van der Waals surface area contributed by atoms with Crippen LogP contribution in [0.2, 0.25) is 0 Å². The first kappa shape index (κ1) is 19.7. The van der Waals surface area contributed by atoms with E-state index >= 15 is 0 Å². The predicted octanol–water partition coefficient (Wildman–Crippen LogP) is 3.63. The van der Waals surface area contributed by atoms with E-state index in [0.717, 1.165) is 25.7 Å². The Morgan fingerprint density at radius 3 is 2.30 bits per heavy atom. The van der Waals surface area contributed by atoms with Crippen molar-refractivity contribution in [2.75, 3.05) is 5.32 Å². The number of carbonyl (C=O) groups excluding carboxylic acids is 2. The van der Waals surface area contributed by atoms with Crippen molar-refractivity contribution in [1.82, 2.24) is 0 Å². The Bertz CT molecular complexity index is 976. The van der Waals surface area contributed by atoms with E-state index in [1.54, 1.807) is 24.3 Å². The molecular weight excluding hydrogens is 390 g/mol. The highest BCUT2D eigenvalue weighted by atomic mass is 16.6. The molecule has 30 heavy (non-hydrogen) atoms. The summed E-state index contributed by atoms with van der Waals surface area (Å²) in [6.45, 7) is 0. The highest BCUT2D eigenvalue weighted by Crippen LogP contribution is 2.57. The Kier molecular flexibility index (Phi) is 5.03. The van der Waals surface area contributed by atoms with Gasteiger partial charge in [0.15, 0.2) is 0 Å². The normalized spacial score (nSPS) is 24.3. The lowest BCUT2D eigenvalue weighted by atomic mass is 9.53. The molecule has 9 nitrogen and oxygen atoms in total. The molecule has 2 aromatic carbocycles. The van der Waals surface area contributed by atoms with E-state index in [4.69, 9.17) is 15.2 Å². The molecule has 0 heterocycles. The molecule has 4 rings (SSSR count). The number of nitro groups is 1. The number of benzene rings is 2. The van der Waals surface area contributed by atoms with Gasteiger partial charge in [0.05, 0.1) is 16.6 Å². The van der Waals surface area contributed by atoms with Crippen molar-refractivity contribution < 1.29 is 24.0 Å². The van der Waals surface area contributed by atoms with Crippen molar-refractivity contribution in [1.29, 1.82) is 0 Å². The number of nitro benzene ring substituents is 1. The molecule has 9 heteroatoms. The molecule has 3 N–H and O–H groups in total. The number of ether oxygens (including phenoxy) is 2. The minimum atomic E-state index is -0.578. The van der Waals surface area contributed by atoms with Crippen LogP contribution in [0.5, 0.6) is 5.75 Å². The van der Waals surface area contributed by atoms with Gasteiger partial charge in [-0.2, -0.15) is 0 Å². The van der Waals surface area contributed by atoms with Gasteiger partial charge in [-0.25, -0.2) is 4.79 Å². The number of amides is 2. The molecule has 1 spiro atoms. The maximum atomic E-state index is 12.0. The summed E-state index contributed by atoms with van der Waals surface area (Å²) in [6.07, 6.45) is 2.47. The zero-order valence-electron chi connectivity index (χ0n) is 16.1. The maximum absolute atomic E-state index is 12.0. The molecule has 2 aliphatic rings. The first-order chi connectivity index (χ1) is 14.3. The third-order valence-corrected chi connectivity index (χ3v) is 5.69. The number of nitrogens with zero attached hydrogens (tertiary/aromatic N) is 1. The fraction of sp³-hybridized carbons (Fsp3) is 0.333. The van der Waals surface area contributed by atoms with E-state index < -0.39 is 16.9 Å². The molecule has 0 atom stereocenters. The van der Waals surface area contributed by atoms with Crippen LogP contribution in [0.25, 0.3) is 0 Å². The van der Waals surface area contributed by atoms with Gasteiger partial charge in [0.1, 0.15) is 11.9 Å². The highest BCUT2D eigenvalue weighted by Gasteiger charge is 2.55. The van der Waals surface area contributed by atoms with Crippen molar-refractivity contribution in [2.24, 2.45) is 11.1 Å². The number of primary amides is 1. The Balaban J connectivity index is 1.21. The molecule has 2 fully saturated rings. The van der Waals surface area contributed by atoms with Gasteiger partial charge in [-0.15, -0.1) is 0 Å². The van der Waals surface area contributed by atoms with E-state index in [1.807, 2.05) is 0 Å². The number of para-hydroxylation sites is 1. The Hall–Kier alpha value is -3.62.